The Morgan fingerprint density at radius 3 is 2.59 bits per heavy atom. The minimum Gasteiger partial charge on any atom is -0.450 e. The van der Waals surface area contributed by atoms with Crippen molar-refractivity contribution in [2.45, 2.75) is 90.0 Å². The highest BCUT2D eigenvalue weighted by molar-refractivity contribution is 6.29. The highest BCUT2D eigenvalue weighted by Gasteiger charge is 2.77. The van der Waals surface area contributed by atoms with E-state index >= 15 is 4.39 Å². The minimum absolute atomic E-state index is 0.00540. The largest absolute Gasteiger partial charge is 0.450 e. The van der Waals surface area contributed by atoms with E-state index in [9.17, 15) is 19.5 Å². The van der Waals surface area contributed by atoms with E-state index in [1.807, 2.05) is 20.8 Å². The first-order chi connectivity index (χ1) is 14.9. The molecule has 7 heteroatoms. The first kappa shape index (κ1) is 23.9. The summed E-state index contributed by atoms with van der Waals surface area (Å²) in [5.41, 5.74) is -4.44. The summed E-state index contributed by atoms with van der Waals surface area (Å²) in [6.45, 7) is 7.26. The number of hydrogen-bond donors (Lipinski definition) is 1. The van der Waals surface area contributed by atoms with Gasteiger partial charge in [-0.3, -0.25) is 14.4 Å². The van der Waals surface area contributed by atoms with Crippen molar-refractivity contribution in [3.63, 3.8) is 0 Å². The number of aliphatic hydroxyl groups is 1. The van der Waals surface area contributed by atoms with Crippen molar-refractivity contribution in [1.29, 1.82) is 0 Å². The Bertz CT molecular complexity index is 888. The summed E-state index contributed by atoms with van der Waals surface area (Å²) in [4.78, 5) is 37.8. The van der Waals surface area contributed by atoms with Crippen molar-refractivity contribution in [3.8, 4) is 0 Å². The van der Waals surface area contributed by atoms with Crippen LogP contribution >= 0.6 is 11.6 Å². The number of rotatable bonds is 4. The molecule has 0 bridgehead atoms. The van der Waals surface area contributed by atoms with Gasteiger partial charge in [-0.05, 0) is 44.1 Å². The number of ketones is 2. The van der Waals surface area contributed by atoms with Crippen LogP contribution in [0.15, 0.2) is 11.6 Å². The molecular weight excluding hydrogens is 435 g/mol. The first-order valence-electron chi connectivity index (χ1n) is 11.8. The summed E-state index contributed by atoms with van der Waals surface area (Å²) in [6.07, 6.45) is 2.61. The molecule has 3 saturated carbocycles. The summed E-state index contributed by atoms with van der Waals surface area (Å²) in [7, 11) is 0. The summed E-state index contributed by atoms with van der Waals surface area (Å²) >= 11 is 6.02. The van der Waals surface area contributed by atoms with Crippen LogP contribution in [0.4, 0.5) is 4.39 Å². The van der Waals surface area contributed by atoms with E-state index in [-0.39, 0.29) is 48.5 Å². The number of allylic oxidation sites excluding steroid dienone is 1. The Morgan fingerprint density at radius 2 is 1.97 bits per heavy atom. The maximum atomic E-state index is 17.2. The Labute approximate surface area is 194 Å². The number of Topliss-reactive ketones (excluding diaryl/α,β-unsaturated/α-hetero) is 1. The van der Waals surface area contributed by atoms with Crippen LogP contribution in [0.5, 0.6) is 0 Å². The van der Waals surface area contributed by atoms with Gasteiger partial charge in [-0.25, -0.2) is 4.39 Å². The highest BCUT2D eigenvalue weighted by atomic mass is 35.5. The molecule has 3 fully saturated rings. The Morgan fingerprint density at radius 1 is 1.28 bits per heavy atom. The van der Waals surface area contributed by atoms with Crippen LogP contribution in [0.2, 0.25) is 0 Å². The number of halogens is 2. The molecule has 4 aliphatic carbocycles. The van der Waals surface area contributed by atoms with Crippen molar-refractivity contribution in [1.82, 2.24) is 0 Å². The van der Waals surface area contributed by atoms with Gasteiger partial charge in [0.15, 0.2) is 17.2 Å². The second-order valence-electron chi connectivity index (χ2n) is 10.9. The van der Waals surface area contributed by atoms with Crippen LogP contribution in [0.1, 0.15) is 72.6 Å². The molecule has 178 valence electrons. The fourth-order valence-corrected chi connectivity index (χ4v) is 8.31. The molecule has 0 aliphatic heterocycles. The monoisotopic (exact) mass is 468 g/mol. The maximum Gasteiger partial charge on any atom is 0.306 e. The van der Waals surface area contributed by atoms with Gasteiger partial charge in [0.1, 0.15) is 5.67 Å². The van der Waals surface area contributed by atoms with E-state index in [2.05, 4.69) is 0 Å². The molecule has 1 unspecified atom stereocenters. The number of aliphatic hydroxyl groups excluding tert-OH is 1. The summed E-state index contributed by atoms with van der Waals surface area (Å²) in [5.74, 6) is -2.25. The van der Waals surface area contributed by atoms with E-state index in [1.54, 1.807) is 13.0 Å². The smallest absolute Gasteiger partial charge is 0.306 e. The Balaban J connectivity index is 1.84. The van der Waals surface area contributed by atoms with E-state index in [4.69, 9.17) is 16.3 Å². The number of carbonyl (C=O) groups is 3. The van der Waals surface area contributed by atoms with Gasteiger partial charge in [0.25, 0.3) is 0 Å². The van der Waals surface area contributed by atoms with Crippen LogP contribution < -0.4 is 0 Å². The lowest BCUT2D eigenvalue weighted by Crippen LogP contribution is -2.70. The van der Waals surface area contributed by atoms with Crippen LogP contribution in [-0.2, 0) is 19.1 Å². The van der Waals surface area contributed by atoms with Gasteiger partial charge in [-0.15, -0.1) is 11.6 Å². The molecule has 1 N–H and O–H groups in total. The van der Waals surface area contributed by atoms with Gasteiger partial charge in [0, 0.05) is 35.5 Å². The SMILES string of the molecule is CCC(=O)O[C@]1(C(=O)CCl)[C@@H](C)C[C@H]2[C@@H]3CCC4=CC(=O)CC[C@]4(C)C3(F)[C@@H](O)C[C@@]21C. The predicted molar refractivity (Wildman–Crippen MR) is 118 cm³/mol. The first-order valence-corrected chi connectivity index (χ1v) is 12.4. The number of alkyl halides is 2. The van der Waals surface area contributed by atoms with Crippen molar-refractivity contribution < 1.29 is 28.6 Å². The zero-order valence-electron chi connectivity index (χ0n) is 19.4. The molecule has 5 nitrogen and oxygen atoms in total. The number of ether oxygens (including phenoxy) is 1. The molecule has 0 spiro atoms. The van der Waals surface area contributed by atoms with Gasteiger partial charge in [-0.1, -0.05) is 33.3 Å². The second kappa shape index (κ2) is 7.63. The third-order valence-corrected chi connectivity index (χ3v) is 9.92. The fourth-order valence-electron chi connectivity index (χ4n) is 8.11. The van der Waals surface area contributed by atoms with E-state index in [0.29, 0.717) is 25.7 Å². The number of esters is 1. The molecule has 8 atom stereocenters. The lowest BCUT2D eigenvalue weighted by Gasteiger charge is -2.63. The Hall–Kier alpha value is -1.27. The standard InChI is InChI=1S/C25H34ClFO5/c1-5-21(31)32-25(20(30)13-26)14(2)10-18-17-7-6-15-11-16(28)8-9-22(15,3)24(17,27)19(29)12-23(18,25)4/h11,14,17-19,29H,5-10,12-13H2,1-4H3/t14-,17-,18-,19-,22-,23-,24?,25-/m0/s1. The van der Waals surface area contributed by atoms with Gasteiger partial charge in [0.05, 0.1) is 12.0 Å². The summed E-state index contributed by atoms with van der Waals surface area (Å²) < 4.78 is 23.2. The second-order valence-corrected chi connectivity index (χ2v) is 11.1. The van der Waals surface area contributed by atoms with Gasteiger partial charge >= 0.3 is 5.97 Å². The minimum atomic E-state index is -1.91. The molecule has 0 heterocycles. The van der Waals surface area contributed by atoms with Crippen LogP contribution in [-0.4, -0.2) is 45.9 Å². The molecule has 0 aromatic heterocycles. The molecule has 4 aliphatic rings. The maximum absolute atomic E-state index is 17.2. The molecule has 0 aromatic rings. The van der Waals surface area contributed by atoms with Crippen molar-refractivity contribution in [2.75, 3.05) is 5.88 Å². The van der Waals surface area contributed by atoms with Crippen molar-refractivity contribution in [3.05, 3.63) is 11.6 Å². The molecule has 4 rings (SSSR count). The molecule has 0 amide bonds. The van der Waals surface area contributed by atoms with Crippen LogP contribution in [0.3, 0.4) is 0 Å². The normalized spacial score (nSPS) is 47.7. The zero-order chi connectivity index (χ0) is 23.7. The average molecular weight is 469 g/mol. The highest BCUT2D eigenvalue weighted by Crippen LogP contribution is 2.72. The lowest BCUT2D eigenvalue weighted by molar-refractivity contribution is -0.234. The third-order valence-electron chi connectivity index (χ3n) is 9.68. The van der Waals surface area contributed by atoms with Gasteiger partial charge in [-0.2, -0.15) is 0 Å². The van der Waals surface area contributed by atoms with E-state index in [1.165, 1.54) is 0 Å². The predicted octanol–water partition coefficient (Wildman–Crippen LogP) is 4.33. The number of hydrogen-bond acceptors (Lipinski definition) is 5. The summed E-state index contributed by atoms with van der Waals surface area (Å²) in [6, 6.07) is 0. The Kier molecular flexibility index (Phi) is 5.69. The number of fused-ring (bicyclic) bond motifs is 5. The van der Waals surface area contributed by atoms with E-state index < -0.39 is 40.1 Å². The van der Waals surface area contributed by atoms with Gasteiger partial charge < -0.3 is 9.84 Å². The fraction of sp³-hybridized carbons (Fsp3) is 0.800. The van der Waals surface area contributed by atoms with E-state index in [0.717, 1.165) is 5.57 Å². The third kappa shape index (κ3) is 2.74. The zero-order valence-corrected chi connectivity index (χ0v) is 20.1. The molecule has 0 aromatic carbocycles. The average Bonchev–Trinajstić information content (AvgIpc) is 2.96. The quantitative estimate of drug-likeness (QED) is 0.490. The lowest BCUT2D eigenvalue weighted by atomic mass is 9.43. The molecule has 0 saturated heterocycles. The van der Waals surface area contributed by atoms with Crippen LogP contribution in [0, 0.1) is 28.6 Å². The molecule has 32 heavy (non-hydrogen) atoms. The van der Waals surface area contributed by atoms with Crippen LogP contribution in [0.25, 0.3) is 0 Å². The molecular formula is C25H34ClFO5. The summed E-state index contributed by atoms with van der Waals surface area (Å²) in [5, 5.41) is 11.4. The molecule has 0 radical (unpaired) electrons. The van der Waals surface area contributed by atoms with Gasteiger partial charge in [0.2, 0.25) is 0 Å². The topological polar surface area (TPSA) is 80.7 Å². The number of carbonyl (C=O) groups excluding carboxylic acids is 3. The van der Waals surface area contributed by atoms with Crippen molar-refractivity contribution in [2.24, 2.45) is 28.6 Å². The van der Waals surface area contributed by atoms with Crippen molar-refractivity contribution >= 4 is 29.1 Å².